The number of unbranched alkanes of at least 4 members (excludes halogenated alkanes) is 1. The fourth-order valence-corrected chi connectivity index (χ4v) is 3.31. The Labute approximate surface area is 147 Å². The number of rotatable bonds is 11. The second kappa shape index (κ2) is 10.1. The molecule has 6 heteroatoms. The highest BCUT2D eigenvalue weighted by Crippen LogP contribution is 2.20. The van der Waals surface area contributed by atoms with Gasteiger partial charge in [-0.15, -0.1) is 10.2 Å². The minimum Gasteiger partial charge on any atom is -0.493 e. The predicted molar refractivity (Wildman–Crippen MR) is 97.0 cm³/mol. The fraction of sp³-hybridized carbons (Fsp3) is 0.500. The third-order valence-electron chi connectivity index (χ3n) is 3.69. The number of thioether (sulfide) groups is 1. The number of hydrogen-bond acceptors (Lipinski definition) is 5. The van der Waals surface area contributed by atoms with Crippen LogP contribution in [0.25, 0.3) is 0 Å². The van der Waals surface area contributed by atoms with Crippen LogP contribution < -0.4 is 4.74 Å². The highest BCUT2D eigenvalue weighted by Gasteiger charge is 2.10. The van der Waals surface area contributed by atoms with Crippen LogP contribution in [-0.4, -0.2) is 33.4 Å². The van der Waals surface area contributed by atoms with E-state index >= 15 is 0 Å². The monoisotopic (exact) mass is 347 g/mol. The molecule has 24 heavy (non-hydrogen) atoms. The molecule has 130 valence electrons. The summed E-state index contributed by atoms with van der Waals surface area (Å²) in [4.78, 5) is 10.9. The highest BCUT2D eigenvalue weighted by molar-refractivity contribution is 7.99. The van der Waals surface area contributed by atoms with Gasteiger partial charge in [0.2, 0.25) is 0 Å². The Morgan fingerprint density at radius 3 is 2.79 bits per heavy atom. The number of ether oxygens (including phenoxy) is 1. The molecule has 0 aliphatic heterocycles. The van der Waals surface area contributed by atoms with Crippen LogP contribution in [0, 0.1) is 0 Å². The van der Waals surface area contributed by atoms with Crippen molar-refractivity contribution in [1.29, 1.82) is 0 Å². The van der Waals surface area contributed by atoms with Crippen molar-refractivity contribution >= 4 is 18.0 Å². The highest BCUT2D eigenvalue weighted by atomic mass is 32.2. The normalized spacial score (nSPS) is 10.8. The average molecular weight is 347 g/mol. The Bertz CT molecular complexity index is 643. The van der Waals surface area contributed by atoms with Crippen molar-refractivity contribution in [2.45, 2.75) is 51.2 Å². The van der Waals surface area contributed by atoms with Crippen molar-refractivity contribution in [2.24, 2.45) is 0 Å². The van der Waals surface area contributed by atoms with E-state index in [1.807, 2.05) is 18.2 Å². The minimum absolute atomic E-state index is 0.584. The van der Waals surface area contributed by atoms with Gasteiger partial charge < -0.3 is 9.30 Å². The number of benzene rings is 1. The van der Waals surface area contributed by atoms with E-state index in [2.05, 4.69) is 28.6 Å². The predicted octanol–water partition coefficient (Wildman–Crippen LogP) is 4.01. The summed E-state index contributed by atoms with van der Waals surface area (Å²) >= 11 is 1.71. The SMILES string of the molecule is CCCCc1nnc(SCCCOc2ccccc2C=O)n1CC. The van der Waals surface area contributed by atoms with E-state index in [1.54, 1.807) is 17.8 Å². The van der Waals surface area contributed by atoms with Gasteiger partial charge in [0.15, 0.2) is 11.4 Å². The molecule has 0 unspecified atom stereocenters. The zero-order chi connectivity index (χ0) is 17.2. The van der Waals surface area contributed by atoms with Crippen molar-refractivity contribution in [3.8, 4) is 5.75 Å². The van der Waals surface area contributed by atoms with Crippen LogP contribution in [0.1, 0.15) is 49.3 Å². The number of carbonyl (C=O) groups is 1. The molecular formula is C18H25N3O2S. The van der Waals surface area contributed by atoms with Gasteiger partial charge >= 0.3 is 0 Å². The number of nitrogens with zero attached hydrogens (tertiary/aromatic N) is 3. The van der Waals surface area contributed by atoms with Crippen molar-refractivity contribution in [1.82, 2.24) is 14.8 Å². The first-order valence-corrected chi connectivity index (χ1v) is 9.50. The molecule has 0 saturated carbocycles. The summed E-state index contributed by atoms with van der Waals surface area (Å²) in [6, 6.07) is 7.29. The van der Waals surface area contributed by atoms with E-state index in [0.717, 1.165) is 48.8 Å². The molecule has 2 aromatic rings. The van der Waals surface area contributed by atoms with E-state index < -0.39 is 0 Å². The average Bonchev–Trinajstić information content (AvgIpc) is 3.01. The first-order chi connectivity index (χ1) is 11.8. The van der Waals surface area contributed by atoms with Crippen molar-refractivity contribution in [2.75, 3.05) is 12.4 Å². The molecule has 1 heterocycles. The number of para-hydroxylation sites is 1. The molecule has 0 aliphatic rings. The number of aromatic nitrogens is 3. The van der Waals surface area contributed by atoms with Crippen molar-refractivity contribution in [3.63, 3.8) is 0 Å². The van der Waals surface area contributed by atoms with Gasteiger partial charge in [0, 0.05) is 18.7 Å². The fourth-order valence-electron chi connectivity index (χ4n) is 2.38. The molecule has 0 atom stereocenters. The number of carbonyl (C=O) groups excluding carboxylic acids is 1. The van der Waals surface area contributed by atoms with Gasteiger partial charge in [-0.25, -0.2) is 0 Å². The Kier molecular flexibility index (Phi) is 7.82. The second-order valence-electron chi connectivity index (χ2n) is 5.45. The van der Waals surface area contributed by atoms with E-state index in [4.69, 9.17) is 4.74 Å². The van der Waals surface area contributed by atoms with Crippen LogP contribution in [0.4, 0.5) is 0 Å². The molecule has 5 nitrogen and oxygen atoms in total. The molecule has 0 radical (unpaired) electrons. The molecule has 0 bridgehead atoms. The summed E-state index contributed by atoms with van der Waals surface area (Å²) < 4.78 is 7.89. The van der Waals surface area contributed by atoms with Gasteiger partial charge in [-0.2, -0.15) is 0 Å². The third kappa shape index (κ3) is 5.09. The molecular weight excluding hydrogens is 322 g/mol. The first kappa shape index (κ1) is 18.5. The molecule has 0 spiro atoms. The first-order valence-electron chi connectivity index (χ1n) is 8.52. The molecule has 0 amide bonds. The van der Waals surface area contributed by atoms with E-state index in [9.17, 15) is 4.79 Å². The third-order valence-corrected chi connectivity index (χ3v) is 4.74. The standard InChI is InChI=1S/C18H25N3O2S/c1-3-5-11-17-19-20-18(21(17)4-2)24-13-8-12-23-16-10-7-6-9-15(16)14-22/h6-7,9-10,14H,3-5,8,11-13H2,1-2H3. The Morgan fingerprint density at radius 2 is 2.04 bits per heavy atom. The van der Waals surface area contributed by atoms with Crippen molar-refractivity contribution in [3.05, 3.63) is 35.7 Å². The minimum atomic E-state index is 0.584. The van der Waals surface area contributed by atoms with Crippen molar-refractivity contribution < 1.29 is 9.53 Å². The maximum atomic E-state index is 10.9. The zero-order valence-corrected chi connectivity index (χ0v) is 15.2. The summed E-state index contributed by atoms with van der Waals surface area (Å²) in [7, 11) is 0. The van der Waals surface area contributed by atoms with Crippen LogP contribution in [0.2, 0.25) is 0 Å². The van der Waals surface area contributed by atoms with Gasteiger partial charge in [-0.1, -0.05) is 37.2 Å². The molecule has 1 aromatic carbocycles. The van der Waals surface area contributed by atoms with Gasteiger partial charge in [0.05, 0.1) is 12.2 Å². The number of aryl methyl sites for hydroxylation is 1. The lowest BCUT2D eigenvalue weighted by atomic mass is 10.2. The van der Waals surface area contributed by atoms with Crippen LogP contribution in [0.5, 0.6) is 5.75 Å². The van der Waals surface area contributed by atoms with E-state index in [-0.39, 0.29) is 0 Å². The molecule has 0 aliphatic carbocycles. The summed E-state index contributed by atoms with van der Waals surface area (Å²) in [5.41, 5.74) is 0.594. The zero-order valence-electron chi connectivity index (χ0n) is 14.4. The van der Waals surface area contributed by atoms with E-state index in [1.165, 1.54) is 6.42 Å². The molecule has 0 saturated heterocycles. The molecule has 0 fully saturated rings. The van der Waals surface area contributed by atoms with E-state index in [0.29, 0.717) is 17.9 Å². The molecule has 0 N–H and O–H groups in total. The molecule has 1 aromatic heterocycles. The summed E-state index contributed by atoms with van der Waals surface area (Å²) in [5.74, 6) is 2.64. The van der Waals surface area contributed by atoms with Gasteiger partial charge in [-0.05, 0) is 31.9 Å². The lowest BCUT2D eigenvalue weighted by Gasteiger charge is -2.09. The molecule has 2 rings (SSSR count). The lowest BCUT2D eigenvalue weighted by Crippen LogP contribution is -2.04. The van der Waals surface area contributed by atoms with Crippen LogP contribution in [-0.2, 0) is 13.0 Å². The maximum absolute atomic E-state index is 10.9. The maximum Gasteiger partial charge on any atom is 0.191 e. The number of aldehydes is 1. The van der Waals surface area contributed by atoms with Crippen LogP contribution in [0.3, 0.4) is 0 Å². The van der Waals surface area contributed by atoms with Gasteiger partial charge in [-0.3, -0.25) is 4.79 Å². The van der Waals surface area contributed by atoms with Gasteiger partial charge in [0.25, 0.3) is 0 Å². The summed E-state index contributed by atoms with van der Waals surface area (Å²) in [6.45, 7) is 5.80. The lowest BCUT2D eigenvalue weighted by molar-refractivity contribution is 0.111. The topological polar surface area (TPSA) is 57.0 Å². The smallest absolute Gasteiger partial charge is 0.191 e. The summed E-state index contributed by atoms with van der Waals surface area (Å²) in [5, 5.41) is 9.61. The van der Waals surface area contributed by atoms with Crippen LogP contribution >= 0.6 is 11.8 Å². The Morgan fingerprint density at radius 1 is 1.21 bits per heavy atom. The largest absolute Gasteiger partial charge is 0.493 e. The Balaban J connectivity index is 1.78. The van der Waals surface area contributed by atoms with Crippen LogP contribution in [0.15, 0.2) is 29.4 Å². The second-order valence-corrected chi connectivity index (χ2v) is 6.51. The summed E-state index contributed by atoms with van der Waals surface area (Å²) in [6.07, 6.45) is 5.01. The Hall–Kier alpha value is -1.82. The quantitative estimate of drug-likeness (QED) is 0.349. The number of hydrogen-bond donors (Lipinski definition) is 0. The van der Waals surface area contributed by atoms with Gasteiger partial charge in [0.1, 0.15) is 11.6 Å².